The minimum absolute atomic E-state index is 0.510. The number of imidazole rings is 1. The van der Waals surface area contributed by atoms with Crippen LogP contribution in [0.4, 0.5) is 11.6 Å². The Bertz CT molecular complexity index is 1370. The molecule has 0 saturated carbocycles. The first-order valence-electron chi connectivity index (χ1n) is 11.0. The summed E-state index contributed by atoms with van der Waals surface area (Å²) in [5.41, 5.74) is 6.60. The van der Waals surface area contributed by atoms with Crippen LogP contribution >= 0.6 is 11.3 Å². The van der Waals surface area contributed by atoms with Crippen LogP contribution in [0.5, 0.6) is 0 Å². The van der Waals surface area contributed by atoms with E-state index >= 15 is 0 Å². The molecule has 0 bridgehead atoms. The van der Waals surface area contributed by atoms with E-state index in [1.54, 1.807) is 23.9 Å². The number of rotatable bonds is 6. The van der Waals surface area contributed by atoms with Gasteiger partial charge in [-0.1, -0.05) is 38.1 Å². The molecule has 0 atom stereocenters. The normalized spacial score (nSPS) is 11.2. The molecule has 0 aliphatic heterocycles. The molecule has 0 fully saturated rings. The number of benzene rings is 2. The summed E-state index contributed by atoms with van der Waals surface area (Å²) in [7, 11) is 0. The molecule has 5 aromatic rings. The maximum atomic E-state index is 4.84. The lowest BCUT2D eigenvalue weighted by Crippen LogP contribution is -1.99. The molecule has 3 heterocycles. The summed E-state index contributed by atoms with van der Waals surface area (Å²) in [6.07, 6.45) is 7.35. The van der Waals surface area contributed by atoms with Gasteiger partial charge in [0.1, 0.15) is 0 Å². The fourth-order valence-electron chi connectivity index (χ4n) is 3.68. The molecular weight excluding hydrogens is 426 g/mol. The summed E-state index contributed by atoms with van der Waals surface area (Å²) in [5.74, 6) is 1.10. The van der Waals surface area contributed by atoms with E-state index < -0.39 is 0 Å². The molecule has 5 nitrogen and oxygen atoms in total. The van der Waals surface area contributed by atoms with Gasteiger partial charge in [0.05, 0.1) is 16.9 Å². The highest BCUT2D eigenvalue weighted by atomic mass is 32.1. The summed E-state index contributed by atoms with van der Waals surface area (Å²) in [6, 6.07) is 21.2. The summed E-state index contributed by atoms with van der Waals surface area (Å²) in [4.78, 5) is 15.8. The van der Waals surface area contributed by atoms with E-state index in [0.29, 0.717) is 11.9 Å². The number of nitrogens with one attached hydrogen (secondary N) is 1. The fourth-order valence-corrected chi connectivity index (χ4v) is 4.74. The molecule has 0 radical (unpaired) electrons. The van der Waals surface area contributed by atoms with Crippen molar-refractivity contribution in [3.05, 3.63) is 96.7 Å². The highest BCUT2D eigenvalue weighted by Crippen LogP contribution is 2.36. The van der Waals surface area contributed by atoms with Crippen molar-refractivity contribution in [2.45, 2.75) is 26.7 Å². The van der Waals surface area contributed by atoms with Crippen molar-refractivity contribution >= 4 is 23.0 Å². The first kappa shape index (κ1) is 21.1. The lowest BCUT2D eigenvalue weighted by Gasteiger charge is -2.09. The predicted octanol–water partition coefficient (Wildman–Crippen LogP) is 7.23. The van der Waals surface area contributed by atoms with Crippen molar-refractivity contribution < 1.29 is 0 Å². The third-order valence-electron chi connectivity index (χ3n) is 5.57. The molecule has 0 spiro atoms. The van der Waals surface area contributed by atoms with Gasteiger partial charge in [-0.25, -0.2) is 15.0 Å². The summed E-state index contributed by atoms with van der Waals surface area (Å²) < 4.78 is 1.97. The first-order valence-corrected chi connectivity index (χ1v) is 11.8. The van der Waals surface area contributed by atoms with Gasteiger partial charge in [0.2, 0.25) is 5.95 Å². The van der Waals surface area contributed by atoms with Crippen LogP contribution in [0, 0.1) is 6.92 Å². The molecular formula is C27H25N5S. The van der Waals surface area contributed by atoms with Crippen molar-refractivity contribution in [2.24, 2.45) is 0 Å². The Morgan fingerprint density at radius 2 is 1.79 bits per heavy atom. The molecule has 33 heavy (non-hydrogen) atoms. The maximum absolute atomic E-state index is 4.84. The van der Waals surface area contributed by atoms with Gasteiger partial charge in [-0.2, -0.15) is 0 Å². The second-order valence-electron chi connectivity index (χ2n) is 8.31. The molecule has 0 unspecified atom stereocenters. The van der Waals surface area contributed by atoms with Crippen LogP contribution in [0.1, 0.15) is 30.9 Å². The van der Waals surface area contributed by atoms with Gasteiger partial charge in [0, 0.05) is 34.8 Å². The number of aryl methyl sites for hydroxylation is 1. The van der Waals surface area contributed by atoms with Crippen molar-refractivity contribution in [1.29, 1.82) is 0 Å². The van der Waals surface area contributed by atoms with Crippen LogP contribution in [-0.4, -0.2) is 19.5 Å². The van der Waals surface area contributed by atoms with Crippen LogP contribution in [0.25, 0.3) is 26.7 Å². The maximum Gasteiger partial charge on any atom is 0.227 e. The molecule has 0 aliphatic rings. The highest BCUT2D eigenvalue weighted by Gasteiger charge is 2.12. The Balaban J connectivity index is 1.39. The van der Waals surface area contributed by atoms with Gasteiger partial charge in [-0.3, -0.25) is 0 Å². The van der Waals surface area contributed by atoms with Crippen LogP contribution in [0.3, 0.4) is 0 Å². The van der Waals surface area contributed by atoms with E-state index in [0.717, 1.165) is 27.5 Å². The number of hydrogen-bond acceptors (Lipinski definition) is 5. The highest BCUT2D eigenvalue weighted by molar-refractivity contribution is 7.18. The average molecular weight is 452 g/mol. The zero-order valence-electron chi connectivity index (χ0n) is 18.9. The van der Waals surface area contributed by atoms with Gasteiger partial charge < -0.3 is 9.88 Å². The summed E-state index contributed by atoms with van der Waals surface area (Å²) in [6.45, 7) is 6.50. The Kier molecular flexibility index (Phi) is 5.75. The molecule has 0 saturated heterocycles. The molecule has 3 aromatic heterocycles. The minimum Gasteiger partial charge on any atom is -0.324 e. The lowest BCUT2D eigenvalue weighted by atomic mass is 10.0. The number of thiophene rings is 1. The molecule has 164 valence electrons. The largest absolute Gasteiger partial charge is 0.324 e. The van der Waals surface area contributed by atoms with Crippen LogP contribution in [-0.2, 0) is 0 Å². The van der Waals surface area contributed by atoms with E-state index in [1.807, 2.05) is 41.2 Å². The summed E-state index contributed by atoms with van der Waals surface area (Å²) >= 11 is 1.76. The van der Waals surface area contributed by atoms with Crippen LogP contribution in [0.2, 0.25) is 0 Å². The third kappa shape index (κ3) is 4.56. The Morgan fingerprint density at radius 3 is 2.55 bits per heavy atom. The lowest BCUT2D eigenvalue weighted by molar-refractivity contribution is 0.867. The van der Waals surface area contributed by atoms with E-state index in [1.165, 1.54) is 16.0 Å². The second kappa shape index (κ2) is 9.00. The number of anilines is 2. The van der Waals surface area contributed by atoms with E-state index in [2.05, 4.69) is 72.5 Å². The third-order valence-corrected chi connectivity index (χ3v) is 6.72. The molecule has 0 amide bonds. The average Bonchev–Trinajstić information content (AvgIpc) is 3.54. The molecule has 0 aliphatic carbocycles. The summed E-state index contributed by atoms with van der Waals surface area (Å²) in [5, 5.41) is 3.33. The molecule has 6 heteroatoms. The van der Waals surface area contributed by atoms with Crippen molar-refractivity contribution in [3.63, 3.8) is 0 Å². The first-order chi connectivity index (χ1) is 16.1. The van der Waals surface area contributed by atoms with Crippen molar-refractivity contribution in [3.8, 4) is 26.7 Å². The Morgan fingerprint density at radius 1 is 0.970 bits per heavy atom. The SMILES string of the molecule is Cc1cnc(Nc2ccc(-n3ccnc3)cc2)nc1-c1ccc(-c2cccc(C(C)C)c2)s1. The van der Waals surface area contributed by atoms with Gasteiger partial charge in [-0.15, -0.1) is 11.3 Å². The van der Waals surface area contributed by atoms with Crippen molar-refractivity contribution in [1.82, 2.24) is 19.5 Å². The van der Waals surface area contributed by atoms with Gasteiger partial charge >= 0.3 is 0 Å². The second-order valence-corrected chi connectivity index (χ2v) is 9.39. The van der Waals surface area contributed by atoms with Crippen molar-refractivity contribution in [2.75, 3.05) is 5.32 Å². The Labute approximate surface area is 197 Å². The minimum atomic E-state index is 0.510. The Hall–Kier alpha value is -3.77. The van der Waals surface area contributed by atoms with Gasteiger partial charge in [-0.05, 0) is 65.9 Å². The standard InChI is InChI=1S/C27H25N5S/c1-18(2)20-5-4-6-21(15-20)24-11-12-25(33-24)26-19(3)16-29-27(31-26)30-22-7-9-23(10-8-22)32-14-13-28-17-32/h4-18H,1-3H3,(H,29,30,31). The topological polar surface area (TPSA) is 55.6 Å². The molecule has 2 aromatic carbocycles. The van der Waals surface area contributed by atoms with Crippen LogP contribution in [0.15, 0.2) is 85.6 Å². The molecule has 5 rings (SSSR count). The smallest absolute Gasteiger partial charge is 0.227 e. The van der Waals surface area contributed by atoms with Gasteiger partial charge in [0.25, 0.3) is 0 Å². The van der Waals surface area contributed by atoms with Gasteiger partial charge in [0.15, 0.2) is 0 Å². The quantitative estimate of drug-likeness (QED) is 0.296. The number of nitrogens with zero attached hydrogens (tertiary/aromatic N) is 4. The fraction of sp³-hybridized carbons (Fsp3) is 0.148. The number of aromatic nitrogens is 4. The number of hydrogen-bond donors (Lipinski definition) is 1. The monoisotopic (exact) mass is 451 g/mol. The zero-order valence-corrected chi connectivity index (χ0v) is 19.7. The molecule has 1 N–H and O–H groups in total. The van der Waals surface area contributed by atoms with E-state index in [-0.39, 0.29) is 0 Å². The predicted molar refractivity (Wildman–Crippen MR) is 136 cm³/mol. The van der Waals surface area contributed by atoms with Crippen LogP contribution < -0.4 is 5.32 Å². The van der Waals surface area contributed by atoms with E-state index in [4.69, 9.17) is 4.98 Å². The van der Waals surface area contributed by atoms with E-state index in [9.17, 15) is 0 Å². The zero-order chi connectivity index (χ0) is 22.8.